The molecule has 2 aromatic carbocycles. The van der Waals surface area contributed by atoms with Crippen LogP contribution < -0.4 is 10.6 Å². The summed E-state index contributed by atoms with van der Waals surface area (Å²) < 4.78 is 5.88. The number of furan rings is 1. The lowest BCUT2D eigenvalue weighted by molar-refractivity contribution is -0.120. The van der Waals surface area contributed by atoms with Gasteiger partial charge in [0.15, 0.2) is 0 Å². The molecule has 0 spiro atoms. The molecule has 2 heterocycles. The third-order valence-electron chi connectivity index (χ3n) is 4.79. The van der Waals surface area contributed by atoms with E-state index in [2.05, 4.69) is 0 Å². The fourth-order valence-corrected chi connectivity index (χ4v) is 3.45. The van der Waals surface area contributed by atoms with Crippen molar-refractivity contribution in [1.29, 1.82) is 0 Å². The van der Waals surface area contributed by atoms with Crippen LogP contribution in [0, 0.1) is 0 Å². The number of hydrogen-bond acceptors (Lipinski definition) is 3. The zero-order valence-electron chi connectivity index (χ0n) is 14.1. The van der Waals surface area contributed by atoms with Gasteiger partial charge in [0, 0.05) is 23.3 Å². The first-order valence-corrected chi connectivity index (χ1v) is 8.32. The second kappa shape index (κ2) is 6.81. The number of para-hydroxylation sites is 1. The Hall–Kier alpha value is -2.46. The predicted molar refractivity (Wildman–Crippen MR) is 103 cm³/mol. The molecular weight excluding hydrogens is 336 g/mol. The van der Waals surface area contributed by atoms with E-state index in [-0.39, 0.29) is 24.2 Å². The number of nitrogens with two attached hydrogens (primary N) is 1. The molecule has 4 nitrogen and oxygen atoms in total. The molecule has 2 N–H and O–H groups in total. The molecule has 1 aliphatic heterocycles. The number of halogens is 1. The Morgan fingerprint density at radius 1 is 1.20 bits per heavy atom. The number of benzene rings is 2. The Bertz CT molecular complexity index is 886. The maximum atomic E-state index is 13.1. The molecule has 4 rings (SSSR count). The van der Waals surface area contributed by atoms with Gasteiger partial charge in [-0.05, 0) is 49.6 Å². The van der Waals surface area contributed by atoms with E-state index >= 15 is 0 Å². The van der Waals surface area contributed by atoms with Crippen LogP contribution in [0.5, 0.6) is 0 Å². The number of hydrogen-bond donors (Lipinski definition) is 1. The first-order chi connectivity index (χ1) is 11.6. The van der Waals surface area contributed by atoms with Crippen molar-refractivity contribution in [3.63, 3.8) is 0 Å². The summed E-state index contributed by atoms with van der Waals surface area (Å²) in [7, 11) is 0. The number of rotatable bonds is 2. The molecule has 1 amide bonds. The Morgan fingerprint density at radius 2 is 2.00 bits per heavy atom. The van der Waals surface area contributed by atoms with Crippen molar-refractivity contribution in [3.05, 3.63) is 59.9 Å². The molecule has 25 heavy (non-hydrogen) atoms. The number of amides is 1. The highest BCUT2D eigenvalue weighted by atomic mass is 35.5. The van der Waals surface area contributed by atoms with Crippen LogP contribution in [0.4, 0.5) is 11.4 Å². The van der Waals surface area contributed by atoms with Crippen molar-refractivity contribution in [2.75, 3.05) is 17.2 Å². The van der Waals surface area contributed by atoms with E-state index in [1.165, 1.54) is 0 Å². The average molecular weight is 357 g/mol. The van der Waals surface area contributed by atoms with Crippen molar-refractivity contribution in [3.8, 4) is 0 Å². The van der Waals surface area contributed by atoms with E-state index in [1.807, 2.05) is 60.4 Å². The van der Waals surface area contributed by atoms with Crippen molar-refractivity contribution in [2.24, 2.45) is 0 Å². The monoisotopic (exact) mass is 356 g/mol. The van der Waals surface area contributed by atoms with Crippen LogP contribution in [0.1, 0.15) is 30.6 Å². The van der Waals surface area contributed by atoms with Crippen molar-refractivity contribution in [2.45, 2.75) is 25.7 Å². The molecule has 0 radical (unpaired) electrons. The van der Waals surface area contributed by atoms with Crippen molar-refractivity contribution < 1.29 is 9.21 Å². The van der Waals surface area contributed by atoms with Crippen LogP contribution >= 0.6 is 12.4 Å². The summed E-state index contributed by atoms with van der Waals surface area (Å²) in [5.41, 5.74) is 9.68. The second-order valence-corrected chi connectivity index (χ2v) is 6.35. The average Bonchev–Trinajstić information content (AvgIpc) is 3.04. The Balaban J connectivity index is 0.00000182. The summed E-state index contributed by atoms with van der Waals surface area (Å²) in [6.07, 6.45) is 1.85. The SMILES string of the molecule is CC(C(=O)N1CCCc2c(N)cccc21)c1cc2ccccc2o1.Cl. The molecule has 1 atom stereocenters. The van der Waals surface area contributed by atoms with Crippen molar-refractivity contribution >= 4 is 40.7 Å². The number of carbonyl (C=O) groups is 1. The quantitative estimate of drug-likeness (QED) is 0.687. The summed E-state index contributed by atoms with van der Waals surface area (Å²) in [6.45, 7) is 2.63. The van der Waals surface area contributed by atoms with Crippen LogP contribution in [-0.2, 0) is 11.2 Å². The van der Waals surface area contributed by atoms with Gasteiger partial charge in [0.05, 0.1) is 5.92 Å². The van der Waals surface area contributed by atoms with E-state index in [0.717, 1.165) is 47.3 Å². The lowest BCUT2D eigenvalue weighted by Gasteiger charge is -2.31. The van der Waals surface area contributed by atoms with Gasteiger partial charge in [0.25, 0.3) is 0 Å². The van der Waals surface area contributed by atoms with Crippen LogP contribution in [0.25, 0.3) is 11.0 Å². The van der Waals surface area contributed by atoms with Gasteiger partial charge >= 0.3 is 0 Å². The molecule has 1 aromatic heterocycles. The molecule has 0 aliphatic carbocycles. The van der Waals surface area contributed by atoms with E-state index in [0.29, 0.717) is 5.76 Å². The molecule has 1 unspecified atom stereocenters. The van der Waals surface area contributed by atoms with Crippen molar-refractivity contribution in [1.82, 2.24) is 0 Å². The molecule has 0 bridgehead atoms. The third kappa shape index (κ3) is 2.98. The molecule has 0 saturated carbocycles. The van der Waals surface area contributed by atoms with E-state index in [9.17, 15) is 4.79 Å². The fraction of sp³-hybridized carbons (Fsp3) is 0.250. The topological polar surface area (TPSA) is 59.5 Å². The summed E-state index contributed by atoms with van der Waals surface area (Å²) in [4.78, 5) is 14.9. The fourth-order valence-electron chi connectivity index (χ4n) is 3.45. The summed E-state index contributed by atoms with van der Waals surface area (Å²) in [5, 5.41) is 1.02. The Kier molecular flexibility index (Phi) is 4.73. The molecule has 5 heteroatoms. The highest BCUT2D eigenvalue weighted by Gasteiger charge is 2.29. The maximum Gasteiger partial charge on any atom is 0.237 e. The zero-order valence-corrected chi connectivity index (χ0v) is 14.9. The van der Waals surface area contributed by atoms with Gasteiger partial charge in [-0.25, -0.2) is 0 Å². The first kappa shape index (κ1) is 17.4. The van der Waals surface area contributed by atoms with Gasteiger partial charge in [-0.1, -0.05) is 24.3 Å². The van der Waals surface area contributed by atoms with Crippen LogP contribution in [0.3, 0.4) is 0 Å². The van der Waals surface area contributed by atoms with E-state index in [1.54, 1.807) is 0 Å². The first-order valence-electron chi connectivity index (χ1n) is 8.32. The smallest absolute Gasteiger partial charge is 0.237 e. The number of nitrogens with zero attached hydrogens (tertiary/aromatic N) is 1. The Morgan fingerprint density at radius 3 is 2.80 bits per heavy atom. The number of anilines is 2. The van der Waals surface area contributed by atoms with Gasteiger partial charge < -0.3 is 15.1 Å². The Labute approximate surface area is 153 Å². The molecule has 1 aliphatic rings. The van der Waals surface area contributed by atoms with Crippen LogP contribution in [-0.4, -0.2) is 12.5 Å². The largest absolute Gasteiger partial charge is 0.460 e. The normalized spacial score (nSPS) is 14.7. The van der Waals surface area contributed by atoms with E-state index in [4.69, 9.17) is 10.2 Å². The molecule has 3 aromatic rings. The van der Waals surface area contributed by atoms with E-state index < -0.39 is 0 Å². The van der Waals surface area contributed by atoms with Gasteiger partial charge in [-0.3, -0.25) is 4.79 Å². The zero-order chi connectivity index (χ0) is 16.7. The van der Waals surface area contributed by atoms with Gasteiger partial charge in [0.1, 0.15) is 11.3 Å². The standard InChI is InChI=1S/C20H20N2O2.ClH/c1-13(19-12-14-6-2-3-10-18(14)24-19)20(23)22-11-5-7-15-16(21)8-4-9-17(15)22;/h2-4,6,8-10,12-13H,5,7,11,21H2,1H3;1H. The summed E-state index contributed by atoms with van der Waals surface area (Å²) in [5.74, 6) is 0.433. The lowest BCUT2D eigenvalue weighted by Crippen LogP contribution is -2.38. The van der Waals surface area contributed by atoms with Gasteiger partial charge in [0.2, 0.25) is 5.91 Å². The molecule has 0 fully saturated rings. The number of fused-ring (bicyclic) bond motifs is 2. The summed E-state index contributed by atoms with van der Waals surface area (Å²) >= 11 is 0. The number of nitrogen functional groups attached to an aromatic ring is 1. The minimum Gasteiger partial charge on any atom is -0.460 e. The molecule has 0 saturated heterocycles. The minimum absolute atomic E-state index is 0. The van der Waals surface area contributed by atoms with Gasteiger partial charge in [-0.15, -0.1) is 12.4 Å². The highest BCUT2D eigenvalue weighted by Crippen LogP contribution is 2.34. The number of carbonyl (C=O) groups excluding carboxylic acids is 1. The molecule has 130 valence electrons. The van der Waals surface area contributed by atoms with Gasteiger partial charge in [-0.2, -0.15) is 0 Å². The maximum absolute atomic E-state index is 13.1. The van der Waals surface area contributed by atoms with Crippen LogP contribution in [0.15, 0.2) is 52.9 Å². The lowest BCUT2D eigenvalue weighted by atomic mass is 9.97. The second-order valence-electron chi connectivity index (χ2n) is 6.35. The van der Waals surface area contributed by atoms with Crippen LogP contribution in [0.2, 0.25) is 0 Å². The predicted octanol–water partition coefficient (Wildman–Crippen LogP) is 4.52. The highest BCUT2D eigenvalue weighted by molar-refractivity contribution is 5.99. The molecular formula is C20H21ClN2O2. The minimum atomic E-state index is -0.329. The summed E-state index contributed by atoms with van der Waals surface area (Å²) in [6, 6.07) is 15.6. The third-order valence-corrected chi connectivity index (χ3v) is 4.79.